The number of anilines is 2. The zero-order valence-electron chi connectivity index (χ0n) is 10.7. The Labute approximate surface area is 130 Å². The molecule has 0 unspecified atom stereocenters. The Balaban J connectivity index is 2.54. The quantitative estimate of drug-likeness (QED) is 0.844. The average Bonchev–Trinajstić information content (AvgIpc) is 2.58. The van der Waals surface area contributed by atoms with E-state index in [-0.39, 0.29) is 15.0 Å². The summed E-state index contributed by atoms with van der Waals surface area (Å²) in [5, 5.41) is 7.55. The smallest absolute Gasteiger partial charge is 0.139 e. The zero-order chi connectivity index (χ0) is 15.0. The van der Waals surface area contributed by atoms with Crippen molar-refractivity contribution in [3.05, 3.63) is 39.3 Å². The van der Waals surface area contributed by atoms with Crippen LogP contribution in [0.25, 0.3) is 0 Å². The van der Waals surface area contributed by atoms with Crippen LogP contribution < -0.4 is 11.1 Å². The standard InChI is InChI=1S/C12H11Cl2FN4S/c1-5-9(11(16)20)12(19(2)18-5)17-10-7(13)3-6(15)4-8(10)14/h3-4,17H,1-2H3,(H2,16,20). The van der Waals surface area contributed by atoms with E-state index >= 15 is 0 Å². The molecule has 0 saturated carbocycles. The van der Waals surface area contributed by atoms with Crippen molar-refractivity contribution in [2.24, 2.45) is 12.8 Å². The second kappa shape index (κ2) is 5.55. The Morgan fingerprint density at radius 3 is 2.45 bits per heavy atom. The van der Waals surface area contributed by atoms with Crippen molar-refractivity contribution in [2.75, 3.05) is 5.32 Å². The number of aromatic nitrogens is 2. The van der Waals surface area contributed by atoms with E-state index in [0.717, 1.165) is 0 Å². The third kappa shape index (κ3) is 2.72. The summed E-state index contributed by atoms with van der Waals surface area (Å²) in [6.45, 7) is 1.79. The van der Waals surface area contributed by atoms with Crippen molar-refractivity contribution in [2.45, 2.75) is 6.92 Å². The predicted molar refractivity (Wildman–Crippen MR) is 83.5 cm³/mol. The number of halogens is 3. The molecule has 0 aliphatic heterocycles. The minimum absolute atomic E-state index is 0.155. The van der Waals surface area contributed by atoms with Crippen LogP contribution in [0.1, 0.15) is 11.3 Å². The number of hydrogen-bond acceptors (Lipinski definition) is 3. The van der Waals surface area contributed by atoms with Gasteiger partial charge < -0.3 is 11.1 Å². The van der Waals surface area contributed by atoms with Crippen LogP contribution in [0.3, 0.4) is 0 Å². The van der Waals surface area contributed by atoms with Gasteiger partial charge in [0.25, 0.3) is 0 Å². The molecule has 8 heteroatoms. The summed E-state index contributed by atoms with van der Waals surface area (Å²) in [4.78, 5) is 0.201. The van der Waals surface area contributed by atoms with Crippen LogP contribution in [0.4, 0.5) is 15.9 Å². The first kappa shape index (κ1) is 15.0. The monoisotopic (exact) mass is 332 g/mol. The van der Waals surface area contributed by atoms with Gasteiger partial charge >= 0.3 is 0 Å². The van der Waals surface area contributed by atoms with Crippen LogP contribution in [0.2, 0.25) is 10.0 Å². The molecule has 1 aromatic carbocycles. The van der Waals surface area contributed by atoms with E-state index in [1.807, 2.05) is 0 Å². The van der Waals surface area contributed by atoms with Gasteiger partial charge in [-0.15, -0.1) is 0 Å². The van der Waals surface area contributed by atoms with E-state index in [2.05, 4.69) is 10.4 Å². The van der Waals surface area contributed by atoms with Gasteiger partial charge in [0.15, 0.2) is 0 Å². The van der Waals surface area contributed by atoms with Gasteiger partial charge in [-0.2, -0.15) is 5.10 Å². The molecule has 0 atom stereocenters. The number of benzene rings is 1. The second-order valence-electron chi connectivity index (χ2n) is 4.17. The van der Waals surface area contributed by atoms with E-state index in [1.165, 1.54) is 12.1 Å². The second-order valence-corrected chi connectivity index (χ2v) is 5.42. The molecular formula is C12H11Cl2FN4S. The van der Waals surface area contributed by atoms with Crippen LogP contribution in [-0.4, -0.2) is 14.8 Å². The van der Waals surface area contributed by atoms with Crippen molar-refractivity contribution in [1.82, 2.24) is 9.78 Å². The van der Waals surface area contributed by atoms with Crippen molar-refractivity contribution < 1.29 is 4.39 Å². The Hall–Kier alpha value is -1.37. The highest BCUT2D eigenvalue weighted by Gasteiger charge is 2.18. The molecule has 106 valence electrons. The number of nitrogens with one attached hydrogen (secondary N) is 1. The van der Waals surface area contributed by atoms with Gasteiger partial charge in [-0.05, 0) is 19.1 Å². The minimum Gasteiger partial charge on any atom is -0.389 e. The van der Waals surface area contributed by atoms with E-state index in [9.17, 15) is 4.39 Å². The third-order valence-electron chi connectivity index (χ3n) is 2.72. The molecule has 0 aliphatic carbocycles. The Morgan fingerprint density at radius 2 is 1.95 bits per heavy atom. The molecule has 0 aliphatic rings. The fourth-order valence-corrected chi connectivity index (χ4v) is 2.68. The van der Waals surface area contributed by atoms with Crippen molar-refractivity contribution in [1.29, 1.82) is 0 Å². The number of aryl methyl sites for hydroxylation is 2. The summed E-state index contributed by atoms with van der Waals surface area (Å²) in [5.74, 6) is 0.0340. The molecule has 0 bridgehead atoms. The van der Waals surface area contributed by atoms with Crippen LogP contribution in [-0.2, 0) is 7.05 Å². The van der Waals surface area contributed by atoms with Gasteiger partial charge in [0.05, 0.1) is 27.0 Å². The molecule has 3 N–H and O–H groups in total. The molecule has 4 nitrogen and oxygen atoms in total. The topological polar surface area (TPSA) is 55.9 Å². The van der Waals surface area contributed by atoms with Crippen LogP contribution in [0, 0.1) is 12.7 Å². The largest absolute Gasteiger partial charge is 0.389 e. The van der Waals surface area contributed by atoms with Crippen molar-refractivity contribution in [3.63, 3.8) is 0 Å². The maximum atomic E-state index is 13.2. The fraction of sp³-hybridized carbons (Fsp3) is 0.167. The molecular weight excluding hydrogens is 322 g/mol. The Morgan fingerprint density at radius 1 is 1.40 bits per heavy atom. The lowest BCUT2D eigenvalue weighted by molar-refractivity contribution is 0.628. The van der Waals surface area contributed by atoms with Gasteiger partial charge in [-0.3, -0.25) is 4.68 Å². The number of hydrogen-bond donors (Lipinski definition) is 2. The molecule has 2 aromatic rings. The molecule has 0 spiro atoms. The number of nitrogens with zero attached hydrogens (tertiary/aromatic N) is 2. The molecule has 1 aromatic heterocycles. The molecule has 0 fully saturated rings. The van der Waals surface area contributed by atoms with Gasteiger partial charge in [0.1, 0.15) is 16.6 Å². The first-order valence-electron chi connectivity index (χ1n) is 5.56. The lowest BCUT2D eigenvalue weighted by Crippen LogP contribution is -2.13. The molecule has 0 radical (unpaired) electrons. The number of rotatable bonds is 3. The van der Waals surface area contributed by atoms with Crippen molar-refractivity contribution in [3.8, 4) is 0 Å². The third-order valence-corrected chi connectivity index (χ3v) is 3.52. The summed E-state index contributed by atoms with van der Waals surface area (Å²) >= 11 is 17.0. The number of thiocarbonyl (C=S) groups is 1. The SMILES string of the molecule is Cc1nn(C)c(Nc2c(Cl)cc(F)cc2Cl)c1C(N)=S. The van der Waals surface area contributed by atoms with E-state index in [4.69, 9.17) is 41.2 Å². The Kier molecular flexibility index (Phi) is 4.17. The molecule has 0 saturated heterocycles. The summed E-state index contributed by atoms with van der Waals surface area (Å²) in [5.41, 5.74) is 7.34. The van der Waals surface area contributed by atoms with Crippen LogP contribution in [0.5, 0.6) is 0 Å². The van der Waals surface area contributed by atoms with E-state index in [1.54, 1.807) is 18.7 Å². The van der Waals surface area contributed by atoms with Gasteiger partial charge in [-0.25, -0.2) is 4.39 Å². The highest BCUT2D eigenvalue weighted by Crippen LogP contribution is 2.35. The molecule has 20 heavy (non-hydrogen) atoms. The summed E-state index contributed by atoms with van der Waals surface area (Å²) in [6.07, 6.45) is 0. The van der Waals surface area contributed by atoms with Crippen LogP contribution in [0.15, 0.2) is 12.1 Å². The normalized spacial score (nSPS) is 10.7. The predicted octanol–water partition coefficient (Wildman–Crippen LogP) is 3.55. The summed E-state index contributed by atoms with van der Waals surface area (Å²) < 4.78 is 14.8. The summed E-state index contributed by atoms with van der Waals surface area (Å²) in [6, 6.07) is 2.33. The molecule has 0 amide bonds. The fourth-order valence-electron chi connectivity index (χ4n) is 1.88. The number of nitrogens with two attached hydrogens (primary N) is 1. The molecule has 2 rings (SSSR count). The van der Waals surface area contributed by atoms with Gasteiger partial charge in [0, 0.05) is 7.05 Å². The highest BCUT2D eigenvalue weighted by molar-refractivity contribution is 7.80. The first-order valence-corrected chi connectivity index (χ1v) is 6.72. The van der Waals surface area contributed by atoms with Gasteiger partial charge in [0.2, 0.25) is 0 Å². The summed E-state index contributed by atoms with van der Waals surface area (Å²) in [7, 11) is 1.72. The first-order chi connectivity index (χ1) is 9.31. The van der Waals surface area contributed by atoms with E-state index in [0.29, 0.717) is 22.8 Å². The maximum absolute atomic E-state index is 13.2. The zero-order valence-corrected chi connectivity index (χ0v) is 13.0. The lowest BCUT2D eigenvalue weighted by atomic mass is 10.2. The lowest BCUT2D eigenvalue weighted by Gasteiger charge is -2.12. The maximum Gasteiger partial charge on any atom is 0.139 e. The van der Waals surface area contributed by atoms with E-state index < -0.39 is 5.82 Å². The van der Waals surface area contributed by atoms with Gasteiger partial charge in [-0.1, -0.05) is 35.4 Å². The molecule has 1 heterocycles. The average molecular weight is 333 g/mol. The van der Waals surface area contributed by atoms with Crippen molar-refractivity contribution >= 4 is 51.9 Å². The highest BCUT2D eigenvalue weighted by atomic mass is 35.5. The minimum atomic E-state index is -0.513. The Bertz CT molecular complexity index is 676. The van der Waals surface area contributed by atoms with Crippen LogP contribution >= 0.6 is 35.4 Å².